The van der Waals surface area contributed by atoms with E-state index in [4.69, 9.17) is 0 Å². The second kappa shape index (κ2) is 2.03. The van der Waals surface area contributed by atoms with E-state index in [-0.39, 0.29) is 4.08 Å². The lowest BCUT2D eigenvalue weighted by atomic mass is 10.5. The zero-order valence-corrected chi connectivity index (χ0v) is 6.77. The Morgan fingerprint density at radius 3 is 2.38 bits per heavy atom. The molecule has 0 aromatic heterocycles. The summed E-state index contributed by atoms with van der Waals surface area (Å²) in [7, 11) is -0.570. The van der Waals surface area contributed by atoms with Crippen LogP contribution in [-0.2, 0) is 10.8 Å². The van der Waals surface area contributed by atoms with Crippen LogP contribution in [0.25, 0.3) is 0 Å². The second-order valence-electron chi connectivity index (χ2n) is 2.30. The highest BCUT2D eigenvalue weighted by Crippen LogP contribution is 2.34. The lowest BCUT2D eigenvalue weighted by Crippen LogP contribution is -2.16. The smallest absolute Gasteiger partial charge is 0.0853 e. The van der Waals surface area contributed by atoms with Gasteiger partial charge in [-0.3, -0.25) is 4.21 Å². The summed E-state index contributed by atoms with van der Waals surface area (Å²) in [5, 5.41) is 0. The fraction of sp³-hybridized carbons (Fsp3) is 1.00. The van der Waals surface area contributed by atoms with Crippen LogP contribution in [-0.4, -0.2) is 19.8 Å². The van der Waals surface area contributed by atoms with E-state index in [1.54, 1.807) is 0 Å². The van der Waals surface area contributed by atoms with E-state index in [0.29, 0.717) is 0 Å². The molecule has 1 aliphatic rings. The quantitative estimate of drug-likeness (QED) is 0.516. The van der Waals surface area contributed by atoms with E-state index in [1.165, 1.54) is 0 Å². The summed E-state index contributed by atoms with van der Waals surface area (Å²) < 4.78 is 11.0. The molecule has 0 aromatic rings. The number of rotatable bonds is 0. The minimum atomic E-state index is -0.570. The maximum Gasteiger partial charge on any atom is 0.0853 e. The van der Waals surface area contributed by atoms with Crippen molar-refractivity contribution in [1.82, 2.24) is 0 Å². The first-order chi connectivity index (χ1) is 3.63. The predicted molar refractivity (Wildman–Crippen MR) is 39.5 cm³/mol. The van der Waals surface area contributed by atoms with Crippen molar-refractivity contribution >= 4 is 22.6 Å². The Morgan fingerprint density at radius 1 is 1.62 bits per heavy atom. The first kappa shape index (κ1) is 6.62. The summed E-state index contributed by atoms with van der Waals surface area (Å²) >= 11 is 1.81. The number of thioether (sulfide) groups is 1. The third-order valence-electron chi connectivity index (χ3n) is 1.27. The summed E-state index contributed by atoms with van der Waals surface area (Å²) in [5.41, 5.74) is 0. The Morgan fingerprint density at radius 2 is 2.25 bits per heavy atom. The third-order valence-corrected chi connectivity index (χ3v) is 5.21. The predicted octanol–water partition coefficient (Wildman–Crippen LogP) is 1.22. The number of hydrogen-bond donors (Lipinski definition) is 0. The van der Waals surface area contributed by atoms with Gasteiger partial charge in [-0.05, 0) is 13.8 Å². The van der Waals surface area contributed by atoms with Gasteiger partial charge in [0.25, 0.3) is 0 Å². The molecule has 8 heavy (non-hydrogen) atoms. The molecule has 0 amide bonds. The molecule has 48 valence electrons. The van der Waals surface area contributed by atoms with E-state index >= 15 is 0 Å². The maximum absolute atomic E-state index is 11.0. The van der Waals surface area contributed by atoms with E-state index < -0.39 is 10.8 Å². The monoisotopic (exact) mass is 150 g/mol. The molecule has 0 aliphatic carbocycles. The molecule has 0 saturated carbocycles. The highest BCUT2D eigenvalue weighted by atomic mass is 32.2. The van der Waals surface area contributed by atoms with Crippen LogP contribution in [0.1, 0.15) is 13.8 Å². The van der Waals surface area contributed by atoms with E-state index in [1.807, 2.05) is 25.6 Å². The van der Waals surface area contributed by atoms with E-state index in [9.17, 15) is 4.21 Å². The SMILES string of the molecule is CC1(C)SCCS1=O. The van der Waals surface area contributed by atoms with Gasteiger partial charge in [-0.15, -0.1) is 11.8 Å². The molecule has 1 nitrogen and oxygen atoms in total. The topological polar surface area (TPSA) is 17.1 Å². The molecule has 1 unspecified atom stereocenters. The Balaban J connectivity index is 2.68. The molecule has 1 rings (SSSR count). The Hall–Kier alpha value is 0.500. The van der Waals surface area contributed by atoms with Crippen LogP contribution in [0.15, 0.2) is 0 Å². The molecule has 1 atom stereocenters. The molecule has 0 radical (unpaired) electrons. The van der Waals surface area contributed by atoms with Gasteiger partial charge in [0.15, 0.2) is 0 Å². The van der Waals surface area contributed by atoms with Crippen molar-refractivity contribution in [2.45, 2.75) is 17.9 Å². The molecular weight excluding hydrogens is 140 g/mol. The molecule has 3 heteroatoms. The van der Waals surface area contributed by atoms with Crippen molar-refractivity contribution in [3.05, 3.63) is 0 Å². The zero-order valence-electron chi connectivity index (χ0n) is 5.14. The molecule has 1 heterocycles. The molecule has 0 bridgehead atoms. The summed E-state index contributed by atoms with van der Waals surface area (Å²) in [6.45, 7) is 4.08. The fourth-order valence-corrected chi connectivity index (χ4v) is 3.62. The lowest BCUT2D eigenvalue weighted by Gasteiger charge is -2.12. The molecule has 0 spiro atoms. The normalized spacial score (nSPS) is 35.5. The average molecular weight is 150 g/mol. The Kier molecular flexibility index (Phi) is 1.68. The van der Waals surface area contributed by atoms with E-state index in [0.717, 1.165) is 11.5 Å². The molecule has 0 aromatic carbocycles. The summed E-state index contributed by atoms with van der Waals surface area (Å²) in [5.74, 6) is 1.96. The van der Waals surface area contributed by atoms with Gasteiger partial charge in [-0.2, -0.15) is 0 Å². The molecular formula is C5H10OS2. The highest BCUT2D eigenvalue weighted by molar-refractivity contribution is 8.15. The minimum absolute atomic E-state index is 0.0417. The van der Waals surface area contributed by atoms with Gasteiger partial charge < -0.3 is 0 Å². The van der Waals surface area contributed by atoms with Gasteiger partial charge in [-0.1, -0.05) is 0 Å². The first-order valence-electron chi connectivity index (χ1n) is 2.65. The standard InChI is InChI=1S/C5H10OS2/c1-5(2)7-3-4-8(5)6/h3-4H2,1-2H3. The van der Waals surface area contributed by atoms with Crippen molar-refractivity contribution in [3.8, 4) is 0 Å². The zero-order chi connectivity index (χ0) is 6.20. The highest BCUT2D eigenvalue weighted by Gasteiger charge is 2.31. The van der Waals surface area contributed by atoms with Crippen LogP contribution in [0.4, 0.5) is 0 Å². The van der Waals surface area contributed by atoms with Crippen LogP contribution < -0.4 is 0 Å². The van der Waals surface area contributed by atoms with Crippen LogP contribution in [0, 0.1) is 0 Å². The van der Waals surface area contributed by atoms with Gasteiger partial charge in [-0.25, -0.2) is 0 Å². The van der Waals surface area contributed by atoms with Crippen molar-refractivity contribution in [3.63, 3.8) is 0 Å². The molecule has 1 fully saturated rings. The molecule has 1 saturated heterocycles. The maximum atomic E-state index is 11.0. The molecule has 1 aliphatic heterocycles. The van der Waals surface area contributed by atoms with Crippen molar-refractivity contribution in [2.24, 2.45) is 0 Å². The third kappa shape index (κ3) is 1.08. The van der Waals surface area contributed by atoms with Crippen LogP contribution in [0.2, 0.25) is 0 Å². The van der Waals surface area contributed by atoms with Crippen molar-refractivity contribution in [1.29, 1.82) is 0 Å². The minimum Gasteiger partial charge on any atom is -0.258 e. The van der Waals surface area contributed by atoms with Gasteiger partial charge in [0, 0.05) is 22.3 Å². The van der Waals surface area contributed by atoms with Gasteiger partial charge in [0.1, 0.15) is 0 Å². The van der Waals surface area contributed by atoms with Gasteiger partial charge >= 0.3 is 0 Å². The van der Waals surface area contributed by atoms with Gasteiger partial charge in [0.05, 0.1) is 4.08 Å². The van der Waals surface area contributed by atoms with Crippen molar-refractivity contribution in [2.75, 3.05) is 11.5 Å². The van der Waals surface area contributed by atoms with Crippen LogP contribution in [0.3, 0.4) is 0 Å². The largest absolute Gasteiger partial charge is 0.258 e. The van der Waals surface area contributed by atoms with Crippen LogP contribution in [0.5, 0.6) is 0 Å². The summed E-state index contributed by atoms with van der Waals surface area (Å²) in [6.07, 6.45) is 0. The first-order valence-corrected chi connectivity index (χ1v) is 4.96. The second-order valence-corrected chi connectivity index (χ2v) is 6.39. The Bertz CT molecular complexity index is 120. The summed E-state index contributed by atoms with van der Waals surface area (Å²) in [6, 6.07) is 0. The fourth-order valence-electron chi connectivity index (χ4n) is 0.675. The number of hydrogen-bond acceptors (Lipinski definition) is 2. The Labute approximate surface area is 56.7 Å². The average Bonchev–Trinajstić information content (AvgIpc) is 1.86. The lowest BCUT2D eigenvalue weighted by molar-refractivity contribution is 0.676. The molecule has 0 N–H and O–H groups in total. The van der Waals surface area contributed by atoms with E-state index in [2.05, 4.69) is 0 Å². The van der Waals surface area contributed by atoms with Crippen molar-refractivity contribution < 1.29 is 4.21 Å². The van der Waals surface area contributed by atoms with Gasteiger partial charge in [0.2, 0.25) is 0 Å². The summed E-state index contributed by atoms with van der Waals surface area (Å²) in [4.78, 5) is 0. The van der Waals surface area contributed by atoms with Crippen LogP contribution >= 0.6 is 11.8 Å².